The Balaban J connectivity index is 1.40. The number of likely N-dealkylation sites (N-methyl/N-ethyl adjacent to an activating group) is 1. The number of aromatic nitrogens is 1. The number of rotatable bonds is 6. The fourth-order valence-electron chi connectivity index (χ4n) is 4.63. The first-order chi connectivity index (χ1) is 15.4. The summed E-state index contributed by atoms with van der Waals surface area (Å²) >= 11 is 7.64. The Hall–Kier alpha value is -2.21. The summed E-state index contributed by atoms with van der Waals surface area (Å²) in [5, 5.41) is 4.92. The first-order valence-electron chi connectivity index (χ1n) is 11.1. The molecule has 1 aliphatic rings. The summed E-state index contributed by atoms with van der Waals surface area (Å²) in [7, 11) is 4.33. The van der Waals surface area contributed by atoms with Gasteiger partial charge in [-0.15, -0.1) is 11.3 Å². The average molecular weight is 468 g/mol. The van der Waals surface area contributed by atoms with Crippen molar-refractivity contribution in [2.45, 2.75) is 50.6 Å². The molecule has 6 heteroatoms. The van der Waals surface area contributed by atoms with Gasteiger partial charge in [-0.1, -0.05) is 54.1 Å². The molecule has 1 fully saturated rings. The summed E-state index contributed by atoms with van der Waals surface area (Å²) in [4.78, 5) is 21.0. The monoisotopic (exact) mass is 467 g/mol. The molecule has 32 heavy (non-hydrogen) atoms. The SMILES string of the molecule is Cc1sc(-c2ccccc2)nc1C(=O)NC1CCC(Cc2ccc(Cl)cc2)(N(C)C)CC1. The molecule has 0 atom stereocenters. The van der Waals surface area contributed by atoms with Crippen LogP contribution in [0.1, 0.15) is 46.6 Å². The molecule has 0 aliphatic heterocycles. The Morgan fingerprint density at radius 1 is 1.12 bits per heavy atom. The Morgan fingerprint density at radius 2 is 1.78 bits per heavy atom. The molecule has 1 saturated carbocycles. The maximum absolute atomic E-state index is 13.0. The Bertz CT molecular complexity index is 1050. The average Bonchev–Trinajstić information content (AvgIpc) is 3.19. The minimum Gasteiger partial charge on any atom is -0.348 e. The highest BCUT2D eigenvalue weighted by Gasteiger charge is 2.38. The Labute approximate surface area is 199 Å². The number of carbonyl (C=O) groups is 1. The van der Waals surface area contributed by atoms with Crippen LogP contribution in [0.25, 0.3) is 10.6 Å². The first-order valence-corrected chi connectivity index (χ1v) is 12.3. The normalized spacial score (nSPS) is 21.0. The van der Waals surface area contributed by atoms with Gasteiger partial charge in [0.15, 0.2) is 0 Å². The van der Waals surface area contributed by atoms with E-state index in [-0.39, 0.29) is 17.5 Å². The molecular weight excluding hydrogens is 438 g/mol. The van der Waals surface area contributed by atoms with E-state index in [1.165, 1.54) is 5.56 Å². The number of benzene rings is 2. The highest BCUT2D eigenvalue weighted by Crippen LogP contribution is 2.36. The predicted molar refractivity (Wildman–Crippen MR) is 134 cm³/mol. The highest BCUT2D eigenvalue weighted by molar-refractivity contribution is 7.15. The zero-order chi connectivity index (χ0) is 22.7. The molecule has 1 heterocycles. The second-order valence-electron chi connectivity index (χ2n) is 8.96. The number of halogens is 1. The molecule has 0 bridgehead atoms. The van der Waals surface area contributed by atoms with Crippen molar-refractivity contribution in [1.29, 1.82) is 0 Å². The van der Waals surface area contributed by atoms with Crippen molar-refractivity contribution in [3.8, 4) is 10.6 Å². The van der Waals surface area contributed by atoms with Gasteiger partial charge in [-0.05, 0) is 70.8 Å². The molecule has 2 aromatic carbocycles. The number of nitrogens with zero attached hydrogens (tertiary/aromatic N) is 2. The number of amides is 1. The molecule has 0 unspecified atom stereocenters. The fraction of sp³-hybridized carbons (Fsp3) is 0.385. The quantitative estimate of drug-likeness (QED) is 0.484. The third-order valence-corrected chi connectivity index (χ3v) is 7.95. The summed E-state index contributed by atoms with van der Waals surface area (Å²) in [6.45, 7) is 1.98. The third-order valence-electron chi connectivity index (χ3n) is 6.68. The van der Waals surface area contributed by atoms with Crippen LogP contribution >= 0.6 is 22.9 Å². The van der Waals surface area contributed by atoms with E-state index in [1.54, 1.807) is 11.3 Å². The van der Waals surface area contributed by atoms with Crippen LogP contribution in [0.4, 0.5) is 0 Å². The maximum Gasteiger partial charge on any atom is 0.271 e. The summed E-state index contributed by atoms with van der Waals surface area (Å²) in [6, 6.07) is 18.4. The van der Waals surface area contributed by atoms with Crippen molar-refractivity contribution in [2.75, 3.05) is 14.1 Å². The van der Waals surface area contributed by atoms with Gasteiger partial charge < -0.3 is 10.2 Å². The topological polar surface area (TPSA) is 45.2 Å². The van der Waals surface area contributed by atoms with Crippen molar-refractivity contribution < 1.29 is 4.79 Å². The zero-order valence-corrected chi connectivity index (χ0v) is 20.5. The number of aryl methyl sites for hydroxylation is 1. The van der Waals surface area contributed by atoms with E-state index in [1.807, 2.05) is 49.4 Å². The van der Waals surface area contributed by atoms with E-state index in [0.29, 0.717) is 5.69 Å². The van der Waals surface area contributed by atoms with Crippen molar-refractivity contribution >= 4 is 28.8 Å². The first kappa shape index (κ1) is 23.0. The number of hydrogen-bond acceptors (Lipinski definition) is 4. The van der Waals surface area contributed by atoms with Gasteiger partial charge in [-0.3, -0.25) is 4.79 Å². The van der Waals surface area contributed by atoms with Crippen LogP contribution in [0.3, 0.4) is 0 Å². The zero-order valence-electron chi connectivity index (χ0n) is 18.9. The van der Waals surface area contributed by atoms with Crippen molar-refractivity contribution in [3.05, 3.63) is 75.8 Å². The van der Waals surface area contributed by atoms with Crippen molar-refractivity contribution in [3.63, 3.8) is 0 Å². The van der Waals surface area contributed by atoms with Gasteiger partial charge in [0.2, 0.25) is 0 Å². The van der Waals surface area contributed by atoms with Gasteiger partial charge in [0, 0.05) is 27.0 Å². The molecule has 0 saturated heterocycles. The minimum atomic E-state index is -0.0546. The van der Waals surface area contributed by atoms with E-state index in [9.17, 15) is 4.79 Å². The molecular formula is C26H30ClN3OS. The van der Waals surface area contributed by atoms with E-state index < -0.39 is 0 Å². The number of thiazole rings is 1. The number of carbonyl (C=O) groups excluding carboxylic acids is 1. The van der Waals surface area contributed by atoms with Gasteiger partial charge in [0.1, 0.15) is 10.7 Å². The molecule has 0 radical (unpaired) electrons. The van der Waals surface area contributed by atoms with E-state index >= 15 is 0 Å². The number of hydrogen-bond donors (Lipinski definition) is 1. The lowest BCUT2D eigenvalue weighted by atomic mass is 9.75. The molecule has 4 rings (SSSR count). The fourth-order valence-corrected chi connectivity index (χ4v) is 5.67. The van der Waals surface area contributed by atoms with Crippen LogP contribution in [0.15, 0.2) is 54.6 Å². The summed E-state index contributed by atoms with van der Waals surface area (Å²) in [5.41, 5.74) is 3.01. The lowest BCUT2D eigenvalue weighted by molar-refractivity contribution is 0.0767. The van der Waals surface area contributed by atoms with Crippen LogP contribution in [-0.4, -0.2) is 41.5 Å². The molecule has 0 spiro atoms. The van der Waals surface area contributed by atoms with Crippen LogP contribution < -0.4 is 5.32 Å². The second kappa shape index (κ2) is 9.74. The van der Waals surface area contributed by atoms with Gasteiger partial charge >= 0.3 is 0 Å². The lowest BCUT2D eigenvalue weighted by Gasteiger charge is -2.45. The predicted octanol–water partition coefficient (Wildman–Crippen LogP) is 5.99. The van der Waals surface area contributed by atoms with Gasteiger partial charge in [0.25, 0.3) is 5.91 Å². The van der Waals surface area contributed by atoms with Gasteiger partial charge in [-0.2, -0.15) is 0 Å². The molecule has 3 aromatic rings. The Morgan fingerprint density at radius 3 is 2.41 bits per heavy atom. The van der Waals surface area contributed by atoms with Crippen molar-refractivity contribution in [1.82, 2.24) is 15.2 Å². The smallest absolute Gasteiger partial charge is 0.271 e. The second-order valence-corrected chi connectivity index (χ2v) is 10.6. The molecule has 168 valence electrons. The molecule has 1 amide bonds. The van der Waals surface area contributed by atoms with E-state index in [2.05, 4.69) is 41.4 Å². The largest absolute Gasteiger partial charge is 0.348 e. The van der Waals surface area contributed by atoms with Crippen molar-refractivity contribution in [2.24, 2.45) is 0 Å². The van der Waals surface area contributed by atoms with Gasteiger partial charge in [0.05, 0.1) is 0 Å². The van der Waals surface area contributed by atoms with Crippen LogP contribution in [0.2, 0.25) is 5.02 Å². The molecule has 4 nitrogen and oxygen atoms in total. The van der Waals surface area contributed by atoms with E-state index in [4.69, 9.17) is 11.6 Å². The standard InChI is InChI=1S/C26H30ClN3OS/c1-18-23(29-25(32-18)20-7-5-4-6-8-20)24(31)28-22-13-15-26(16-14-22,30(2)3)17-19-9-11-21(27)12-10-19/h4-12,22H,13-17H2,1-3H3,(H,28,31). The lowest BCUT2D eigenvalue weighted by Crippen LogP contribution is -2.52. The van der Waals surface area contributed by atoms with E-state index in [0.717, 1.165) is 52.6 Å². The summed E-state index contributed by atoms with van der Waals surface area (Å²) < 4.78 is 0. The molecule has 1 aliphatic carbocycles. The summed E-state index contributed by atoms with van der Waals surface area (Å²) in [6.07, 6.45) is 5.00. The molecule has 1 aromatic heterocycles. The maximum atomic E-state index is 13.0. The minimum absolute atomic E-state index is 0.0546. The molecule has 1 N–H and O–H groups in total. The number of nitrogens with one attached hydrogen (secondary N) is 1. The Kier molecular flexibility index (Phi) is 6.99. The summed E-state index contributed by atoms with van der Waals surface area (Å²) in [5.74, 6) is -0.0546. The van der Waals surface area contributed by atoms with Crippen LogP contribution in [-0.2, 0) is 6.42 Å². The third kappa shape index (κ3) is 5.06. The van der Waals surface area contributed by atoms with Crippen LogP contribution in [0.5, 0.6) is 0 Å². The highest BCUT2D eigenvalue weighted by atomic mass is 35.5. The van der Waals surface area contributed by atoms with Crippen LogP contribution in [0, 0.1) is 6.92 Å². The van der Waals surface area contributed by atoms with Gasteiger partial charge in [-0.25, -0.2) is 4.98 Å².